The second-order valence-corrected chi connectivity index (χ2v) is 6.60. The third kappa shape index (κ3) is 5.07. The number of aromatic nitrogens is 1. The summed E-state index contributed by atoms with van der Waals surface area (Å²) in [7, 11) is 0. The van der Waals surface area contributed by atoms with Gasteiger partial charge in [-0.1, -0.05) is 0 Å². The predicted molar refractivity (Wildman–Crippen MR) is 91.1 cm³/mol. The first-order valence-corrected chi connectivity index (χ1v) is 8.87. The van der Waals surface area contributed by atoms with E-state index in [1.54, 1.807) is 18.3 Å². The molecule has 1 aromatic rings. The fourth-order valence-electron chi connectivity index (χ4n) is 3.25. The number of amides is 2. The molecule has 3 heterocycles. The maximum atomic E-state index is 12.5. The molecule has 25 heavy (non-hydrogen) atoms. The Bertz CT molecular complexity index is 625. The maximum absolute atomic E-state index is 12.5. The molecule has 2 aliphatic rings. The third-order valence-corrected chi connectivity index (χ3v) is 4.69. The van der Waals surface area contributed by atoms with Gasteiger partial charge >= 0.3 is 6.03 Å². The Morgan fingerprint density at radius 2 is 2.28 bits per heavy atom. The summed E-state index contributed by atoms with van der Waals surface area (Å²) in [5.74, 6) is 0.740. The molecule has 0 radical (unpaired) electrons. The highest BCUT2D eigenvalue weighted by Gasteiger charge is 2.26. The van der Waals surface area contributed by atoms with Crippen molar-refractivity contribution in [3.05, 3.63) is 23.9 Å². The second-order valence-electron chi connectivity index (χ2n) is 6.60. The van der Waals surface area contributed by atoms with Crippen LogP contribution in [0.2, 0.25) is 0 Å². The quantitative estimate of drug-likeness (QED) is 0.902. The molecule has 0 aliphatic carbocycles. The van der Waals surface area contributed by atoms with Gasteiger partial charge < -0.3 is 19.7 Å². The second kappa shape index (κ2) is 8.67. The van der Waals surface area contributed by atoms with E-state index in [0.717, 1.165) is 45.4 Å². The molecular weight excluding hydrogens is 320 g/mol. The zero-order valence-electron chi connectivity index (χ0n) is 14.3. The van der Waals surface area contributed by atoms with Crippen molar-refractivity contribution in [2.75, 3.05) is 32.9 Å². The lowest BCUT2D eigenvalue weighted by Crippen LogP contribution is -2.50. The van der Waals surface area contributed by atoms with Crippen LogP contribution in [0.4, 0.5) is 4.79 Å². The molecule has 0 aromatic carbocycles. The fraction of sp³-hybridized carbons (Fsp3) is 0.611. The average molecular weight is 344 g/mol. The number of nitrogens with one attached hydrogen (secondary N) is 1. The molecule has 3 rings (SSSR count). The van der Waals surface area contributed by atoms with Gasteiger partial charge in [-0.3, -0.25) is 0 Å². The van der Waals surface area contributed by atoms with E-state index in [1.807, 2.05) is 4.90 Å². The summed E-state index contributed by atoms with van der Waals surface area (Å²) in [5, 5.41) is 12.0. The first-order chi connectivity index (χ1) is 12.2. The zero-order chi connectivity index (χ0) is 17.5. The smallest absolute Gasteiger partial charge is 0.317 e. The first-order valence-electron chi connectivity index (χ1n) is 8.87. The van der Waals surface area contributed by atoms with Crippen LogP contribution in [0.15, 0.2) is 18.3 Å². The van der Waals surface area contributed by atoms with Crippen LogP contribution in [0.3, 0.4) is 0 Å². The summed E-state index contributed by atoms with van der Waals surface area (Å²) in [6.07, 6.45) is 5.34. The van der Waals surface area contributed by atoms with Gasteiger partial charge in [0.25, 0.3) is 0 Å². The van der Waals surface area contributed by atoms with E-state index in [9.17, 15) is 4.79 Å². The monoisotopic (exact) mass is 344 g/mol. The Kier molecular flexibility index (Phi) is 6.07. The number of nitrogens with zero attached hydrogens (tertiary/aromatic N) is 3. The van der Waals surface area contributed by atoms with Gasteiger partial charge in [-0.05, 0) is 31.7 Å². The van der Waals surface area contributed by atoms with E-state index in [4.69, 9.17) is 14.7 Å². The summed E-state index contributed by atoms with van der Waals surface area (Å²) in [6.45, 7) is 3.41. The van der Waals surface area contributed by atoms with Crippen LogP contribution in [0.25, 0.3) is 0 Å². The van der Waals surface area contributed by atoms with E-state index in [0.29, 0.717) is 24.6 Å². The van der Waals surface area contributed by atoms with Gasteiger partial charge in [0, 0.05) is 50.5 Å². The lowest BCUT2D eigenvalue weighted by atomic mass is 9.99. The summed E-state index contributed by atoms with van der Waals surface area (Å²) >= 11 is 0. The van der Waals surface area contributed by atoms with Crippen molar-refractivity contribution in [2.45, 2.75) is 31.7 Å². The number of piperidine rings is 1. The Morgan fingerprint density at radius 1 is 1.44 bits per heavy atom. The van der Waals surface area contributed by atoms with Crippen LogP contribution in [-0.2, 0) is 4.74 Å². The standard InChI is InChI=1S/C18H24N4O3/c19-11-14-3-6-20-17(10-14)25-13-15-2-1-7-22(12-15)18(23)21-16-4-8-24-9-5-16/h3,6,10,15-16H,1-2,4-5,7-9,12-13H2,(H,21,23). The Morgan fingerprint density at radius 3 is 3.08 bits per heavy atom. The van der Waals surface area contributed by atoms with Gasteiger partial charge in [0.15, 0.2) is 0 Å². The molecule has 1 aromatic heterocycles. The van der Waals surface area contributed by atoms with Crippen LogP contribution in [0, 0.1) is 17.2 Å². The van der Waals surface area contributed by atoms with Crippen LogP contribution in [0.5, 0.6) is 5.88 Å². The number of ether oxygens (including phenoxy) is 2. The molecule has 134 valence electrons. The highest BCUT2D eigenvalue weighted by atomic mass is 16.5. The number of likely N-dealkylation sites (tertiary alicyclic amines) is 1. The van der Waals surface area contributed by atoms with Gasteiger partial charge in [-0.15, -0.1) is 0 Å². The predicted octanol–water partition coefficient (Wildman–Crippen LogP) is 1.93. The number of carbonyl (C=O) groups excluding carboxylic acids is 1. The maximum Gasteiger partial charge on any atom is 0.317 e. The van der Waals surface area contributed by atoms with Gasteiger partial charge in [-0.25, -0.2) is 9.78 Å². The van der Waals surface area contributed by atoms with Crippen molar-refractivity contribution in [3.8, 4) is 11.9 Å². The number of hydrogen-bond donors (Lipinski definition) is 1. The van der Waals surface area contributed by atoms with Crippen LogP contribution in [-0.4, -0.2) is 54.9 Å². The molecule has 7 heteroatoms. The van der Waals surface area contributed by atoms with Crippen LogP contribution < -0.4 is 10.1 Å². The topological polar surface area (TPSA) is 87.5 Å². The van der Waals surface area contributed by atoms with E-state index >= 15 is 0 Å². The zero-order valence-corrected chi connectivity index (χ0v) is 14.3. The first kappa shape index (κ1) is 17.5. The van der Waals surface area contributed by atoms with E-state index in [2.05, 4.69) is 16.4 Å². The van der Waals surface area contributed by atoms with Gasteiger partial charge in [0.05, 0.1) is 18.2 Å². The number of carbonyl (C=O) groups is 1. The molecule has 7 nitrogen and oxygen atoms in total. The lowest BCUT2D eigenvalue weighted by molar-refractivity contribution is 0.0759. The molecule has 0 spiro atoms. The molecule has 2 saturated heterocycles. The molecule has 2 amide bonds. The van der Waals surface area contributed by atoms with Gasteiger partial charge in [-0.2, -0.15) is 5.26 Å². The van der Waals surface area contributed by atoms with Crippen LogP contribution >= 0.6 is 0 Å². The molecular formula is C18H24N4O3. The molecule has 2 aliphatic heterocycles. The van der Waals surface area contributed by atoms with Crippen molar-refractivity contribution in [1.82, 2.24) is 15.2 Å². The lowest BCUT2D eigenvalue weighted by Gasteiger charge is -2.34. The largest absolute Gasteiger partial charge is 0.477 e. The Balaban J connectivity index is 1.47. The Labute approximate surface area is 147 Å². The van der Waals surface area contributed by atoms with Crippen molar-refractivity contribution in [2.24, 2.45) is 5.92 Å². The van der Waals surface area contributed by atoms with Gasteiger partial charge in [0.2, 0.25) is 5.88 Å². The van der Waals surface area contributed by atoms with E-state index in [1.165, 1.54) is 0 Å². The molecule has 0 bridgehead atoms. The van der Waals surface area contributed by atoms with E-state index < -0.39 is 0 Å². The SMILES string of the molecule is N#Cc1ccnc(OCC2CCCN(C(=O)NC3CCOCC3)C2)c1. The number of urea groups is 1. The van der Waals surface area contributed by atoms with E-state index in [-0.39, 0.29) is 18.0 Å². The minimum atomic E-state index is 0.0150. The average Bonchev–Trinajstić information content (AvgIpc) is 2.67. The third-order valence-electron chi connectivity index (χ3n) is 4.69. The summed E-state index contributed by atoms with van der Waals surface area (Å²) in [6, 6.07) is 5.60. The van der Waals surface area contributed by atoms with Crippen molar-refractivity contribution >= 4 is 6.03 Å². The normalized spacial score (nSPS) is 21.4. The van der Waals surface area contributed by atoms with Crippen molar-refractivity contribution in [1.29, 1.82) is 5.26 Å². The van der Waals surface area contributed by atoms with Crippen LogP contribution in [0.1, 0.15) is 31.2 Å². The highest BCUT2D eigenvalue weighted by molar-refractivity contribution is 5.74. The number of hydrogen-bond acceptors (Lipinski definition) is 5. The fourth-order valence-corrected chi connectivity index (χ4v) is 3.25. The van der Waals surface area contributed by atoms with Crippen molar-refractivity contribution in [3.63, 3.8) is 0 Å². The summed E-state index contributed by atoms with van der Waals surface area (Å²) in [5.41, 5.74) is 0.533. The Hall–Kier alpha value is -2.33. The highest BCUT2D eigenvalue weighted by Crippen LogP contribution is 2.19. The minimum Gasteiger partial charge on any atom is -0.477 e. The van der Waals surface area contributed by atoms with Crippen molar-refractivity contribution < 1.29 is 14.3 Å². The summed E-state index contributed by atoms with van der Waals surface area (Å²) < 4.78 is 11.1. The molecule has 1 N–H and O–H groups in total. The molecule has 0 saturated carbocycles. The molecule has 2 fully saturated rings. The number of rotatable bonds is 4. The van der Waals surface area contributed by atoms with Gasteiger partial charge in [0.1, 0.15) is 0 Å². The minimum absolute atomic E-state index is 0.0150. The number of pyridine rings is 1. The molecule has 1 atom stereocenters. The number of nitriles is 1. The molecule has 1 unspecified atom stereocenters. The summed E-state index contributed by atoms with van der Waals surface area (Å²) in [4.78, 5) is 18.5.